The van der Waals surface area contributed by atoms with Crippen LogP contribution in [0, 0.1) is 0 Å². The van der Waals surface area contributed by atoms with E-state index in [1.54, 1.807) is 12.2 Å². The zero-order valence-electron chi connectivity index (χ0n) is 8.09. The van der Waals surface area contributed by atoms with Crippen molar-refractivity contribution in [2.45, 2.75) is 6.61 Å². The molecule has 4 nitrogen and oxygen atoms in total. The van der Waals surface area contributed by atoms with E-state index in [1.807, 2.05) is 24.3 Å². The van der Waals surface area contributed by atoms with Crippen LogP contribution in [0.3, 0.4) is 0 Å². The van der Waals surface area contributed by atoms with E-state index in [2.05, 4.69) is 4.52 Å². The van der Waals surface area contributed by atoms with E-state index in [9.17, 15) is 4.57 Å². The summed E-state index contributed by atoms with van der Waals surface area (Å²) in [7, 11) is -2.84. The Hall–Kier alpha value is -0.930. The molecular weight excluding hydrogens is 215 g/mol. The van der Waals surface area contributed by atoms with Gasteiger partial charge in [0, 0.05) is 0 Å². The third-order valence-corrected chi connectivity index (χ3v) is 2.16. The predicted molar refractivity (Wildman–Crippen MR) is 58.6 cm³/mol. The maximum Gasteiger partial charge on any atom is 0.316 e. The van der Waals surface area contributed by atoms with E-state index in [1.165, 1.54) is 0 Å². The summed E-state index contributed by atoms with van der Waals surface area (Å²) < 4.78 is 14.7. The minimum atomic E-state index is -2.84. The predicted octanol–water partition coefficient (Wildman–Crippen LogP) is 1.59. The second kappa shape index (κ2) is 6.53. The van der Waals surface area contributed by atoms with Crippen LogP contribution < -0.4 is 0 Å². The summed E-state index contributed by atoms with van der Waals surface area (Å²) in [4.78, 5) is 8.39. The van der Waals surface area contributed by atoms with E-state index in [0.717, 1.165) is 11.1 Å². The Bertz CT molecular complexity index is 362. The molecule has 1 rings (SSSR count). The van der Waals surface area contributed by atoms with Crippen molar-refractivity contribution >= 4 is 14.3 Å². The first-order valence-electron chi connectivity index (χ1n) is 4.44. The number of hydrogen-bond acceptors (Lipinski definition) is 3. The van der Waals surface area contributed by atoms with Crippen molar-refractivity contribution in [3.05, 3.63) is 41.5 Å². The van der Waals surface area contributed by atoms with E-state index >= 15 is 0 Å². The SMILES string of the molecule is O=[PH](O)OCC=Cc1cccc(CO)c1. The number of benzene rings is 1. The molecule has 0 radical (unpaired) electrons. The Balaban J connectivity index is 2.52. The van der Waals surface area contributed by atoms with Crippen LogP contribution in [0.5, 0.6) is 0 Å². The van der Waals surface area contributed by atoms with Crippen LogP contribution in [0.15, 0.2) is 30.3 Å². The molecule has 0 aliphatic heterocycles. The van der Waals surface area contributed by atoms with Gasteiger partial charge in [-0.25, -0.2) is 0 Å². The number of aliphatic hydroxyl groups excluding tert-OH is 1. The summed E-state index contributed by atoms with van der Waals surface area (Å²) in [5, 5.41) is 8.89. The van der Waals surface area contributed by atoms with Gasteiger partial charge in [0.05, 0.1) is 13.2 Å². The largest absolute Gasteiger partial charge is 0.392 e. The van der Waals surface area contributed by atoms with Crippen molar-refractivity contribution < 1.29 is 19.1 Å². The van der Waals surface area contributed by atoms with E-state index < -0.39 is 8.25 Å². The third-order valence-electron chi connectivity index (χ3n) is 1.75. The van der Waals surface area contributed by atoms with Gasteiger partial charge in [-0.3, -0.25) is 4.57 Å². The lowest BCUT2D eigenvalue weighted by molar-refractivity contribution is 0.282. The Morgan fingerprint density at radius 1 is 1.47 bits per heavy atom. The minimum Gasteiger partial charge on any atom is -0.392 e. The average molecular weight is 228 g/mol. The summed E-state index contributed by atoms with van der Waals surface area (Å²) in [6.45, 7) is 0.111. The standard InChI is InChI=1S/C10H13O4P/c11-8-10-4-1-3-9(7-10)5-2-6-14-15(12)13/h1-5,7,11,15H,6,8H2,(H,12,13). The lowest BCUT2D eigenvalue weighted by atomic mass is 10.1. The van der Waals surface area contributed by atoms with E-state index in [4.69, 9.17) is 10.00 Å². The third kappa shape index (κ3) is 4.91. The van der Waals surface area contributed by atoms with Crippen LogP contribution in [0.25, 0.3) is 6.08 Å². The summed E-state index contributed by atoms with van der Waals surface area (Å²) in [6.07, 6.45) is 3.42. The molecule has 5 heteroatoms. The molecule has 0 fully saturated rings. The second-order valence-electron chi connectivity index (χ2n) is 2.88. The zero-order chi connectivity index (χ0) is 11.1. The molecule has 15 heavy (non-hydrogen) atoms. The molecule has 0 heterocycles. The summed E-state index contributed by atoms with van der Waals surface area (Å²) in [5.74, 6) is 0. The van der Waals surface area contributed by atoms with Crippen LogP contribution in [0.4, 0.5) is 0 Å². The monoisotopic (exact) mass is 228 g/mol. The Morgan fingerprint density at radius 2 is 2.27 bits per heavy atom. The summed E-state index contributed by atoms with van der Waals surface area (Å²) >= 11 is 0. The van der Waals surface area contributed by atoms with Crippen LogP contribution in [0.2, 0.25) is 0 Å². The van der Waals surface area contributed by atoms with Gasteiger partial charge in [-0.05, 0) is 17.2 Å². The second-order valence-corrected chi connectivity index (χ2v) is 3.70. The molecule has 0 aliphatic carbocycles. The normalized spacial score (nSPS) is 13.2. The van der Waals surface area contributed by atoms with Gasteiger partial charge >= 0.3 is 8.25 Å². The molecule has 0 spiro atoms. The number of rotatable bonds is 5. The fourth-order valence-electron chi connectivity index (χ4n) is 1.10. The number of hydrogen-bond donors (Lipinski definition) is 2. The van der Waals surface area contributed by atoms with Crippen LogP contribution in [-0.2, 0) is 15.7 Å². The Kier molecular flexibility index (Phi) is 5.29. The molecule has 0 bridgehead atoms. The molecular formula is C10H13O4P. The van der Waals surface area contributed by atoms with Gasteiger partial charge in [0.2, 0.25) is 0 Å². The molecule has 2 N–H and O–H groups in total. The summed E-state index contributed by atoms with van der Waals surface area (Å²) in [6, 6.07) is 7.36. The van der Waals surface area contributed by atoms with Crippen molar-refractivity contribution in [3.8, 4) is 0 Å². The maximum atomic E-state index is 10.2. The average Bonchev–Trinajstić information content (AvgIpc) is 2.24. The quantitative estimate of drug-likeness (QED) is 0.751. The van der Waals surface area contributed by atoms with Gasteiger partial charge in [-0.2, -0.15) is 0 Å². The Morgan fingerprint density at radius 3 is 2.93 bits per heavy atom. The fourth-order valence-corrected chi connectivity index (χ4v) is 1.34. The highest BCUT2D eigenvalue weighted by Crippen LogP contribution is 2.14. The topological polar surface area (TPSA) is 66.8 Å². The molecule has 0 saturated heterocycles. The highest BCUT2D eigenvalue weighted by Gasteiger charge is 1.91. The molecule has 0 aromatic heterocycles. The van der Waals surface area contributed by atoms with Crippen molar-refractivity contribution in [1.82, 2.24) is 0 Å². The molecule has 0 amide bonds. The first-order valence-corrected chi connectivity index (χ1v) is 5.71. The Labute approximate surface area is 88.8 Å². The molecule has 82 valence electrons. The van der Waals surface area contributed by atoms with Gasteiger partial charge in [-0.15, -0.1) is 0 Å². The van der Waals surface area contributed by atoms with Crippen molar-refractivity contribution in [2.24, 2.45) is 0 Å². The molecule has 0 saturated carbocycles. The summed E-state index contributed by atoms with van der Waals surface area (Å²) in [5.41, 5.74) is 1.75. The lowest BCUT2D eigenvalue weighted by Gasteiger charge is -1.98. The van der Waals surface area contributed by atoms with Gasteiger partial charge in [0.15, 0.2) is 0 Å². The van der Waals surface area contributed by atoms with E-state index in [0.29, 0.717) is 0 Å². The highest BCUT2D eigenvalue weighted by atomic mass is 31.1. The first-order chi connectivity index (χ1) is 7.22. The molecule has 1 atom stereocenters. The molecule has 1 unspecified atom stereocenters. The van der Waals surface area contributed by atoms with Gasteiger partial charge in [0.1, 0.15) is 0 Å². The lowest BCUT2D eigenvalue weighted by Crippen LogP contribution is -1.83. The highest BCUT2D eigenvalue weighted by molar-refractivity contribution is 7.32. The fraction of sp³-hybridized carbons (Fsp3) is 0.200. The van der Waals surface area contributed by atoms with Crippen LogP contribution in [-0.4, -0.2) is 16.6 Å². The number of aliphatic hydroxyl groups is 1. The maximum absolute atomic E-state index is 10.2. The van der Waals surface area contributed by atoms with Gasteiger partial charge in [0.25, 0.3) is 0 Å². The van der Waals surface area contributed by atoms with Crippen molar-refractivity contribution in [2.75, 3.05) is 6.61 Å². The van der Waals surface area contributed by atoms with Gasteiger partial charge in [-0.1, -0.05) is 30.4 Å². The first kappa shape index (κ1) is 12.1. The molecule has 1 aromatic carbocycles. The van der Waals surface area contributed by atoms with Crippen LogP contribution in [0.1, 0.15) is 11.1 Å². The van der Waals surface area contributed by atoms with E-state index in [-0.39, 0.29) is 13.2 Å². The van der Waals surface area contributed by atoms with Crippen molar-refractivity contribution in [1.29, 1.82) is 0 Å². The molecule has 1 aromatic rings. The van der Waals surface area contributed by atoms with Gasteiger partial charge < -0.3 is 14.5 Å². The smallest absolute Gasteiger partial charge is 0.316 e. The molecule has 0 aliphatic rings. The zero-order valence-corrected chi connectivity index (χ0v) is 9.09. The minimum absolute atomic E-state index is 0.00250. The van der Waals surface area contributed by atoms with Crippen LogP contribution >= 0.6 is 8.25 Å². The van der Waals surface area contributed by atoms with Crippen molar-refractivity contribution in [3.63, 3.8) is 0 Å².